The Morgan fingerprint density at radius 3 is 3.00 bits per heavy atom. The maximum Gasteiger partial charge on any atom is 0.269 e. The van der Waals surface area contributed by atoms with Crippen LogP contribution in [0.3, 0.4) is 0 Å². The standard InChI is InChI=1S/C14H21N3O2/c1-2-16(11-13-6-4-8-15-13)10-12-5-3-7-14(9-12)17(18)19/h3,5,7,9,13,15H,2,4,6,8,10-11H2,1H3. The molecule has 0 bridgehead atoms. The van der Waals surface area contributed by atoms with Crippen molar-refractivity contribution in [2.75, 3.05) is 19.6 Å². The van der Waals surface area contributed by atoms with Crippen LogP contribution in [0.1, 0.15) is 25.3 Å². The van der Waals surface area contributed by atoms with Crippen LogP contribution in [0, 0.1) is 10.1 Å². The number of nitro groups is 1. The Kier molecular flexibility index (Phi) is 4.87. The first-order valence-corrected chi connectivity index (χ1v) is 6.88. The van der Waals surface area contributed by atoms with Crippen LogP contribution >= 0.6 is 0 Å². The average Bonchev–Trinajstić information content (AvgIpc) is 2.91. The van der Waals surface area contributed by atoms with Crippen LogP contribution in [0.5, 0.6) is 0 Å². The molecule has 1 N–H and O–H groups in total. The smallest absolute Gasteiger partial charge is 0.269 e. The van der Waals surface area contributed by atoms with Crippen molar-refractivity contribution in [3.05, 3.63) is 39.9 Å². The lowest BCUT2D eigenvalue weighted by Gasteiger charge is -2.24. The highest BCUT2D eigenvalue weighted by atomic mass is 16.6. The van der Waals surface area contributed by atoms with E-state index in [2.05, 4.69) is 17.1 Å². The maximum absolute atomic E-state index is 10.8. The van der Waals surface area contributed by atoms with Gasteiger partial charge in [-0.3, -0.25) is 15.0 Å². The number of nitrogens with one attached hydrogen (secondary N) is 1. The van der Waals surface area contributed by atoms with Crippen molar-refractivity contribution >= 4 is 5.69 Å². The van der Waals surface area contributed by atoms with E-state index in [0.29, 0.717) is 6.04 Å². The highest BCUT2D eigenvalue weighted by molar-refractivity contribution is 5.34. The summed E-state index contributed by atoms with van der Waals surface area (Å²) < 4.78 is 0. The summed E-state index contributed by atoms with van der Waals surface area (Å²) in [5.74, 6) is 0. The fourth-order valence-electron chi connectivity index (χ4n) is 2.56. The molecule has 5 nitrogen and oxygen atoms in total. The fourth-order valence-corrected chi connectivity index (χ4v) is 2.56. The predicted molar refractivity (Wildman–Crippen MR) is 75.1 cm³/mol. The highest BCUT2D eigenvalue weighted by Crippen LogP contribution is 2.15. The molecule has 1 fully saturated rings. The Hall–Kier alpha value is -1.46. The third kappa shape index (κ3) is 4.01. The van der Waals surface area contributed by atoms with Gasteiger partial charge in [0.15, 0.2) is 0 Å². The van der Waals surface area contributed by atoms with Gasteiger partial charge >= 0.3 is 0 Å². The van der Waals surface area contributed by atoms with Gasteiger partial charge in [0.1, 0.15) is 0 Å². The number of hydrogen-bond acceptors (Lipinski definition) is 4. The first-order valence-electron chi connectivity index (χ1n) is 6.88. The number of non-ortho nitro benzene ring substituents is 1. The molecule has 1 aromatic carbocycles. The Morgan fingerprint density at radius 1 is 1.53 bits per heavy atom. The second-order valence-corrected chi connectivity index (χ2v) is 5.05. The number of likely N-dealkylation sites (N-methyl/N-ethyl adjacent to an activating group) is 1. The maximum atomic E-state index is 10.8. The lowest BCUT2D eigenvalue weighted by Crippen LogP contribution is -2.37. The molecule has 104 valence electrons. The summed E-state index contributed by atoms with van der Waals surface area (Å²) in [6.45, 7) is 5.99. The molecule has 1 aliphatic heterocycles. The Balaban J connectivity index is 1.96. The summed E-state index contributed by atoms with van der Waals surface area (Å²) in [4.78, 5) is 12.8. The fraction of sp³-hybridized carbons (Fsp3) is 0.571. The number of rotatable bonds is 6. The molecule has 0 aromatic heterocycles. The molecule has 0 spiro atoms. The van der Waals surface area contributed by atoms with Crippen molar-refractivity contribution in [3.63, 3.8) is 0 Å². The summed E-state index contributed by atoms with van der Waals surface area (Å²) in [5, 5.41) is 14.3. The van der Waals surface area contributed by atoms with Crippen LogP contribution in [0.15, 0.2) is 24.3 Å². The molecule has 2 rings (SSSR count). The largest absolute Gasteiger partial charge is 0.313 e. The highest BCUT2D eigenvalue weighted by Gasteiger charge is 2.17. The van der Waals surface area contributed by atoms with E-state index in [1.807, 2.05) is 6.07 Å². The van der Waals surface area contributed by atoms with Gasteiger partial charge in [-0.1, -0.05) is 19.1 Å². The van der Waals surface area contributed by atoms with Crippen molar-refractivity contribution in [2.45, 2.75) is 32.4 Å². The van der Waals surface area contributed by atoms with Gasteiger partial charge in [-0.25, -0.2) is 0 Å². The molecule has 1 saturated heterocycles. The summed E-state index contributed by atoms with van der Waals surface area (Å²) in [5.41, 5.74) is 1.18. The second-order valence-electron chi connectivity index (χ2n) is 5.05. The van der Waals surface area contributed by atoms with Crippen LogP contribution in [0.4, 0.5) is 5.69 Å². The van der Waals surface area contributed by atoms with Gasteiger partial charge in [0.2, 0.25) is 0 Å². The predicted octanol–water partition coefficient (Wildman–Crippen LogP) is 2.17. The molecule has 1 aliphatic rings. The van der Waals surface area contributed by atoms with Gasteiger partial charge in [-0.05, 0) is 31.5 Å². The van der Waals surface area contributed by atoms with Gasteiger partial charge < -0.3 is 5.32 Å². The quantitative estimate of drug-likeness (QED) is 0.631. The van der Waals surface area contributed by atoms with Crippen LogP contribution in [0.2, 0.25) is 0 Å². The van der Waals surface area contributed by atoms with E-state index in [9.17, 15) is 10.1 Å². The molecule has 0 amide bonds. The number of nitro benzene ring substituents is 1. The summed E-state index contributed by atoms with van der Waals surface area (Å²) in [7, 11) is 0. The summed E-state index contributed by atoms with van der Waals surface area (Å²) in [6, 6.07) is 7.49. The van der Waals surface area contributed by atoms with Gasteiger partial charge in [0.25, 0.3) is 5.69 Å². The van der Waals surface area contributed by atoms with E-state index < -0.39 is 0 Å². The zero-order valence-corrected chi connectivity index (χ0v) is 11.3. The van der Waals surface area contributed by atoms with E-state index in [4.69, 9.17) is 0 Å². The van der Waals surface area contributed by atoms with Crippen molar-refractivity contribution in [1.29, 1.82) is 0 Å². The molecule has 1 aromatic rings. The lowest BCUT2D eigenvalue weighted by atomic mass is 10.1. The molecule has 1 atom stereocenters. The first-order chi connectivity index (χ1) is 9.19. The molecular formula is C14H21N3O2. The number of benzene rings is 1. The topological polar surface area (TPSA) is 58.4 Å². The van der Waals surface area contributed by atoms with Crippen LogP contribution in [-0.2, 0) is 6.54 Å². The molecular weight excluding hydrogens is 242 g/mol. The molecule has 0 saturated carbocycles. The Labute approximate surface area is 113 Å². The van der Waals surface area contributed by atoms with Crippen molar-refractivity contribution < 1.29 is 4.92 Å². The third-order valence-corrected chi connectivity index (χ3v) is 3.62. The van der Waals surface area contributed by atoms with Gasteiger partial charge in [-0.2, -0.15) is 0 Å². The molecule has 1 unspecified atom stereocenters. The van der Waals surface area contributed by atoms with E-state index in [1.165, 1.54) is 18.9 Å². The summed E-state index contributed by atoms with van der Waals surface area (Å²) in [6.07, 6.45) is 2.48. The van der Waals surface area contributed by atoms with E-state index in [1.54, 1.807) is 12.1 Å². The van der Waals surface area contributed by atoms with Crippen LogP contribution in [-0.4, -0.2) is 35.5 Å². The van der Waals surface area contributed by atoms with Gasteiger partial charge in [-0.15, -0.1) is 0 Å². The van der Waals surface area contributed by atoms with Gasteiger partial charge in [0, 0.05) is 31.3 Å². The van der Waals surface area contributed by atoms with E-state index in [-0.39, 0.29) is 10.6 Å². The molecule has 5 heteroatoms. The second kappa shape index (κ2) is 6.63. The molecule has 19 heavy (non-hydrogen) atoms. The Bertz CT molecular complexity index is 430. The molecule has 0 aliphatic carbocycles. The number of hydrogen-bond donors (Lipinski definition) is 1. The zero-order chi connectivity index (χ0) is 13.7. The van der Waals surface area contributed by atoms with Crippen molar-refractivity contribution in [3.8, 4) is 0 Å². The van der Waals surface area contributed by atoms with Crippen molar-refractivity contribution in [2.24, 2.45) is 0 Å². The number of nitrogens with zero attached hydrogens (tertiary/aromatic N) is 2. The first kappa shape index (κ1) is 14.0. The zero-order valence-electron chi connectivity index (χ0n) is 11.3. The van der Waals surface area contributed by atoms with E-state index >= 15 is 0 Å². The normalized spacial score (nSPS) is 18.9. The lowest BCUT2D eigenvalue weighted by molar-refractivity contribution is -0.384. The average molecular weight is 263 g/mol. The van der Waals surface area contributed by atoms with E-state index in [0.717, 1.165) is 31.7 Å². The van der Waals surface area contributed by atoms with Crippen LogP contribution in [0.25, 0.3) is 0 Å². The molecule has 0 radical (unpaired) electrons. The monoisotopic (exact) mass is 263 g/mol. The third-order valence-electron chi connectivity index (χ3n) is 3.62. The minimum Gasteiger partial charge on any atom is -0.313 e. The summed E-state index contributed by atoms with van der Waals surface area (Å²) >= 11 is 0. The minimum absolute atomic E-state index is 0.174. The van der Waals surface area contributed by atoms with Crippen molar-refractivity contribution in [1.82, 2.24) is 10.2 Å². The Morgan fingerprint density at radius 2 is 2.37 bits per heavy atom. The van der Waals surface area contributed by atoms with Gasteiger partial charge in [0.05, 0.1) is 4.92 Å². The SMILES string of the molecule is CCN(Cc1cccc([N+](=O)[O-])c1)CC1CCCN1. The molecule has 1 heterocycles. The van der Waals surface area contributed by atoms with Crippen LogP contribution < -0.4 is 5.32 Å². The minimum atomic E-state index is -0.335.